The molecule has 0 aliphatic heterocycles. The van der Waals surface area contributed by atoms with Crippen LogP contribution in [-0.4, -0.2) is 25.7 Å². The van der Waals surface area contributed by atoms with Crippen LogP contribution in [-0.2, 0) is 14.4 Å². The van der Waals surface area contributed by atoms with E-state index in [-0.39, 0.29) is 0 Å². The van der Waals surface area contributed by atoms with Crippen molar-refractivity contribution < 1.29 is 24.0 Å². The van der Waals surface area contributed by atoms with Gasteiger partial charge >= 0.3 is 12.3 Å². The second kappa shape index (κ2) is 4.91. The Hall–Kier alpha value is -1.92. The zero-order valence-corrected chi connectivity index (χ0v) is 5.35. The summed E-state index contributed by atoms with van der Waals surface area (Å²) in [5.41, 5.74) is 0. The van der Waals surface area contributed by atoms with Crippen LogP contribution < -0.4 is 0 Å². The molecule has 11 heavy (non-hydrogen) atoms. The molecule has 0 aromatic heterocycles. The first-order valence-electron chi connectivity index (χ1n) is 2.22. The first-order chi connectivity index (χ1) is 5.20. The predicted octanol–water partition coefficient (Wildman–Crippen LogP) is 0.507. The van der Waals surface area contributed by atoms with Crippen LogP contribution in [0.3, 0.4) is 0 Å². The minimum absolute atomic E-state index is 1.35. The molecule has 0 N–H and O–H groups in total. The highest BCUT2D eigenvalue weighted by Gasteiger charge is 2.12. The monoisotopic (exact) mass is 160 g/mol. The summed E-state index contributed by atoms with van der Waals surface area (Å²) in [5.74, 6) is 0. The third-order valence-electron chi connectivity index (χ3n) is 0.445. The molecule has 0 rings (SSSR count). The second-order valence-corrected chi connectivity index (χ2v) is 1.04. The predicted molar refractivity (Wildman–Crippen MR) is 33.1 cm³/mol. The Morgan fingerprint density at radius 3 is 1.64 bits per heavy atom. The number of hydrogen-bond donors (Lipinski definition) is 0. The highest BCUT2D eigenvalue weighted by molar-refractivity contribution is 5.76. The van der Waals surface area contributed by atoms with E-state index in [4.69, 9.17) is 0 Å². The lowest BCUT2D eigenvalue weighted by Crippen LogP contribution is -2.10. The van der Waals surface area contributed by atoms with Gasteiger partial charge in [-0.15, -0.1) is 0 Å². The van der Waals surface area contributed by atoms with Crippen molar-refractivity contribution in [3.05, 3.63) is 0 Å². The molecule has 0 saturated carbocycles. The van der Waals surface area contributed by atoms with Crippen molar-refractivity contribution >= 4 is 25.7 Å². The first kappa shape index (κ1) is 9.08. The minimum atomic E-state index is -1.35. The number of carbonyl (C=O) groups is 2. The lowest BCUT2D eigenvalue weighted by Gasteiger charge is -1.94. The van der Waals surface area contributed by atoms with Crippen molar-refractivity contribution in [2.75, 3.05) is 0 Å². The van der Waals surface area contributed by atoms with E-state index in [1.807, 2.05) is 0 Å². The molecule has 0 saturated heterocycles. The van der Waals surface area contributed by atoms with Gasteiger partial charge in [0, 0.05) is 13.4 Å². The van der Waals surface area contributed by atoms with Crippen molar-refractivity contribution in [3.8, 4) is 0 Å². The Morgan fingerprint density at radius 2 is 1.36 bits per heavy atom. The van der Waals surface area contributed by atoms with Gasteiger partial charge in [0.2, 0.25) is 0 Å². The lowest BCUT2D eigenvalue weighted by atomic mass is 11.3. The maximum Gasteiger partial charge on any atom is 0.545 e. The first-order valence-corrected chi connectivity index (χ1v) is 2.22. The Labute approximate surface area is 61.2 Å². The summed E-state index contributed by atoms with van der Waals surface area (Å²) in [6.45, 7) is 5.59. The molecule has 0 fully saturated rings. The summed E-state index contributed by atoms with van der Waals surface area (Å²) < 4.78 is 3.74. The van der Waals surface area contributed by atoms with Crippen LogP contribution in [0, 0.1) is 0 Å². The number of carbonyl (C=O) groups excluding carboxylic acids is 2. The van der Waals surface area contributed by atoms with E-state index in [1.165, 1.54) is 0 Å². The molecule has 60 valence electrons. The molecule has 0 aromatic rings. The topological polar surface area (TPSA) is 86.6 Å². The van der Waals surface area contributed by atoms with E-state index in [9.17, 15) is 9.59 Å². The highest BCUT2D eigenvalue weighted by Crippen LogP contribution is 1.89. The van der Waals surface area contributed by atoms with Crippen LogP contribution in [0.2, 0.25) is 0 Å². The number of oxime groups is 2. The molecule has 0 aromatic carbocycles. The van der Waals surface area contributed by atoms with Gasteiger partial charge in [-0.25, -0.2) is 9.59 Å². The molecular weight excluding hydrogens is 156 g/mol. The van der Waals surface area contributed by atoms with E-state index in [0.29, 0.717) is 0 Å². The van der Waals surface area contributed by atoms with Crippen LogP contribution in [0.15, 0.2) is 10.3 Å². The van der Waals surface area contributed by atoms with Gasteiger partial charge in [-0.3, -0.25) is 9.68 Å². The average Bonchev–Trinajstić information content (AvgIpc) is 1.87. The molecule has 7 nitrogen and oxygen atoms in total. The molecule has 0 spiro atoms. The van der Waals surface area contributed by atoms with E-state index in [1.54, 1.807) is 0 Å². The normalized spacial score (nSPS) is 7.64. The second-order valence-electron chi connectivity index (χ2n) is 1.04. The molecule has 0 amide bonds. The van der Waals surface area contributed by atoms with Gasteiger partial charge in [0.15, 0.2) is 0 Å². The number of nitrogens with zero attached hydrogens (tertiary/aromatic N) is 2. The summed E-state index contributed by atoms with van der Waals surface area (Å²) in [5, 5.41) is 5.34. The molecule has 0 aliphatic carbocycles. The fourth-order valence-corrected chi connectivity index (χ4v) is 0.211. The Kier molecular flexibility index (Phi) is 4.06. The van der Waals surface area contributed by atoms with Crippen LogP contribution in [0.5, 0.6) is 0 Å². The Morgan fingerprint density at radius 1 is 1.00 bits per heavy atom. The Bertz CT molecular complexity index is 169. The molecule has 7 heteroatoms. The number of hydrogen-bond acceptors (Lipinski definition) is 7. The third kappa shape index (κ3) is 4.58. The maximum atomic E-state index is 10.2. The summed E-state index contributed by atoms with van der Waals surface area (Å²) in [7, 11) is 0. The molecule has 0 aliphatic rings. The minimum Gasteiger partial charge on any atom is -0.324 e. The lowest BCUT2D eigenvalue weighted by molar-refractivity contribution is 0.0397. The van der Waals surface area contributed by atoms with Gasteiger partial charge in [0.05, 0.1) is 0 Å². The van der Waals surface area contributed by atoms with Gasteiger partial charge in [-0.2, -0.15) is 0 Å². The summed E-state index contributed by atoms with van der Waals surface area (Å²) >= 11 is 0. The molecule has 0 bridgehead atoms. The molecule has 0 unspecified atom stereocenters. The molecule has 0 atom stereocenters. The zero-order chi connectivity index (χ0) is 8.69. The van der Waals surface area contributed by atoms with Crippen molar-refractivity contribution in [2.45, 2.75) is 0 Å². The molecule has 0 heterocycles. The van der Waals surface area contributed by atoms with Gasteiger partial charge < -0.3 is 4.74 Å². The molecule has 0 radical (unpaired) electrons. The molecular formula is C4H4N2O5. The van der Waals surface area contributed by atoms with Gasteiger partial charge in [-0.05, 0) is 0 Å². The van der Waals surface area contributed by atoms with Crippen molar-refractivity contribution in [3.63, 3.8) is 0 Å². The van der Waals surface area contributed by atoms with Crippen molar-refractivity contribution in [1.82, 2.24) is 0 Å². The Balaban J connectivity index is 3.65. The van der Waals surface area contributed by atoms with Crippen LogP contribution in [0.1, 0.15) is 0 Å². The van der Waals surface area contributed by atoms with E-state index >= 15 is 0 Å². The van der Waals surface area contributed by atoms with E-state index in [0.717, 1.165) is 0 Å². The highest BCUT2D eigenvalue weighted by atomic mass is 16.9. The zero-order valence-electron chi connectivity index (χ0n) is 5.35. The number of ether oxygens (including phenoxy) is 1. The fraction of sp³-hybridized carbons (Fsp3) is 0. The maximum absolute atomic E-state index is 10.2. The van der Waals surface area contributed by atoms with Gasteiger partial charge in [0.1, 0.15) is 0 Å². The largest absolute Gasteiger partial charge is 0.545 e. The van der Waals surface area contributed by atoms with E-state index in [2.05, 4.69) is 38.2 Å². The smallest absolute Gasteiger partial charge is 0.324 e. The summed E-state index contributed by atoms with van der Waals surface area (Å²) in [6.07, 6.45) is -2.71. The SMILES string of the molecule is C=NOC(=O)OC(=O)ON=C. The number of rotatable bonds is 2. The quantitative estimate of drug-likeness (QED) is 0.193. The van der Waals surface area contributed by atoms with E-state index < -0.39 is 12.3 Å². The standard InChI is InChI=1S/C4H4N2O5/c1-5-10-3(7)9-4(8)11-6-2/h1-2H2. The van der Waals surface area contributed by atoms with Gasteiger partial charge in [-0.1, -0.05) is 10.3 Å². The fourth-order valence-electron chi connectivity index (χ4n) is 0.211. The van der Waals surface area contributed by atoms with Crippen LogP contribution in [0.4, 0.5) is 9.59 Å². The van der Waals surface area contributed by atoms with Gasteiger partial charge in [0.25, 0.3) is 0 Å². The summed E-state index contributed by atoms with van der Waals surface area (Å²) in [6, 6.07) is 0. The van der Waals surface area contributed by atoms with Crippen LogP contribution in [0.25, 0.3) is 0 Å². The van der Waals surface area contributed by atoms with Crippen LogP contribution >= 0.6 is 0 Å². The van der Waals surface area contributed by atoms with Crippen molar-refractivity contribution in [1.29, 1.82) is 0 Å². The third-order valence-corrected chi connectivity index (χ3v) is 0.445. The average molecular weight is 160 g/mol. The van der Waals surface area contributed by atoms with Crippen molar-refractivity contribution in [2.24, 2.45) is 10.3 Å². The summed E-state index contributed by atoms with van der Waals surface area (Å²) in [4.78, 5) is 27.9.